The van der Waals surface area contributed by atoms with Crippen molar-refractivity contribution in [3.8, 4) is 0 Å². The maximum Gasteiger partial charge on any atom is 0.289 e. The Balaban J connectivity index is 1.43. The molecule has 2 fully saturated rings. The molecule has 1 N–H and O–H groups in total. The quantitative estimate of drug-likeness (QED) is 0.385. The largest absolute Gasteiger partial charge is 0.482 e. The maximum atomic E-state index is 13.5. The molecule has 0 bridgehead atoms. The molecule has 1 aliphatic carbocycles. The summed E-state index contributed by atoms with van der Waals surface area (Å²) in [5.41, 5.74) is 3.76. The van der Waals surface area contributed by atoms with Crippen molar-refractivity contribution in [2.45, 2.75) is 77.7 Å². The van der Waals surface area contributed by atoms with E-state index in [-0.39, 0.29) is 30.1 Å². The maximum absolute atomic E-state index is 13.5. The van der Waals surface area contributed by atoms with Gasteiger partial charge in [0.2, 0.25) is 0 Å². The Labute approximate surface area is 214 Å². The molecule has 2 aromatic rings. The average molecular weight is 491 g/mol. The fourth-order valence-electron chi connectivity index (χ4n) is 4.95. The van der Waals surface area contributed by atoms with Crippen molar-refractivity contribution in [1.82, 2.24) is 10.2 Å². The van der Waals surface area contributed by atoms with E-state index in [9.17, 15) is 9.59 Å². The highest BCUT2D eigenvalue weighted by Crippen LogP contribution is 2.34. The third-order valence-corrected chi connectivity index (χ3v) is 6.78. The van der Waals surface area contributed by atoms with Crippen LogP contribution in [0.25, 0.3) is 6.08 Å². The molecule has 2 amide bonds. The van der Waals surface area contributed by atoms with Gasteiger partial charge in [0.15, 0.2) is 5.76 Å². The van der Waals surface area contributed by atoms with Crippen molar-refractivity contribution in [3.63, 3.8) is 0 Å². The van der Waals surface area contributed by atoms with Crippen molar-refractivity contribution < 1.29 is 19.1 Å². The molecule has 0 radical (unpaired) electrons. The summed E-state index contributed by atoms with van der Waals surface area (Å²) in [6.07, 6.45) is 6.97. The first-order chi connectivity index (χ1) is 17.4. The number of amides is 2. The zero-order valence-corrected chi connectivity index (χ0v) is 21.7. The molecule has 36 heavy (non-hydrogen) atoms. The number of benzene rings is 2. The molecule has 2 unspecified atom stereocenters. The van der Waals surface area contributed by atoms with Gasteiger partial charge in [-0.15, -0.1) is 0 Å². The van der Waals surface area contributed by atoms with Gasteiger partial charge >= 0.3 is 0 Å². The van der Waals surface area contributed by atoms with Gasteiger partial charge < -0.3 is 19.7 Å². The van der Waals surface area contributed by atoms with Gasteiger partial charge in [0.25, 0.3) is 11.8 Å². The van der Waals surface area contributed by atoms with Crippen LogP contribution in [0.2, 0.25) is 0 Å². The van der Waals surface area contributed by atoms with Crippen LogP contribution in [-0.2, 0) is 20.8 Å². The number of hydrogen-bond donors (Lipinski definition) is 1. The zero-order valence-electron chi connectivity index (χ0n) is 21.7. The fraction of sp³-hybridized carbons (Fsp3) is 0.467. The highest BCUT2D eigenvalue weighted by atomic mass is 16.5. The number of nitrogens with zero attached hydrogens (tertiary/aromatic N) is 1. The van der Waals surface area contributed by atoms with Gasteiger partial charge in [-0.25, -0.2) is 0 Å². The minimum Gasteiger partial charge on any atom is -0.482 e. The second kappa shape index (κ2) is 12.2. The minimum absolute atomic E-state index is 0.0252. The number of aryl methyl sites for hydroxylation is 1. The SMILES string of the molecule is Cc1cccc(CN2C(=O)/C(=C\c3ccc(C(=O)NCCCOC(C)C)cc3)OC3CCCCC32)c1. The number of carbonyl (C=O) groups excluding carboxylic acids is 2. The summed E-state index contributed by atoms with van der Waals surface area (Å²) in [4.78, 5) is 28.0. The lowest BCUT2D eigenvalue weighted by atomic mass is 9.89. The van der Waals surface area contributed by atoms with Crippen LogP contribution < -0.4 is 5.32 Å². The Kier molecular flexibility index (Phi) is 8.81. The molecular weight excluding hydrogens is 452 g/mol. The molecule has 1 saturated carbocycles. The summed E-state index contributed by atoms with van der Waals surface area (Å²) in [6, 6.07) is 15.7. The number of hydrogen-bond acceptors (Lipinski definition) is 4. The van der Waals surface area contributed by atoms with Crippen molar-refractivity contribution in [2.75, 3.05) is 13.2 Å². The summed E-state index contributed by atoms with van der Waals surface area (Å²) >= 11 is 0. The predicted octanol–water partition coefficient (Wildman–Crippen LogP) is 5.25. The van der Waals surface area contributed by atoms with Gasteiger partial charge in [0.1, 0.15) is 6.10 Å². The molecular formula is C30H38N2O4. The lowest BCUT2D eigenvalue weighted by Gasteiger charge is -2.44. The van der Waals surface area contributed by atoms with Crippen LogP contribution in [0.3, 0.4) is 0 Å². The number of carbonyl (C=O) groups is 2. The van der Waals surface area contributed by atoms with Crippen LogP contribution in [0.5, 0.6) is 0 Å². The van der Waals surface area contributed by atoms with Crippen LogP contribution in [0.1, 0.15) is 73.0 Å². The average Bonchev–Trinajstić information content (AvgIpc) is 2.86. The number of morpholine rings is 1. The zero-order chi connectivity index (χ0) is 25.5. The summed E-state index contributed by atoms with van der Waals surface area (Å²) in [6.45, 7) is 7.85. The first kappa shape index (κ1) is 26.0. The lowest BCUT2D eigenvalue weighted by Crippen LogP contribution is -2.54. The second-order valence-corrected chi connectivity index (χ2v) is 10.1. The molecule has 4 rings (SSSR count). The Morgan fingerprint density at radius 3 is 2.69 bits per heavy atom. The molecule has 2 aromatic carbocycles. The van der Waals surface area contributed by atoms with Crippen molar-refractivity contribution in [2.24, 2.45) is 0 Å². The van der Waals surface area contributed by atoms with E-state index < -0.39 is 0 Å². The van der Waals surface area contributed by atoms with Crippen molar-refractivity contribution in [3.05, 3.63) is 76.5 Å². The summed E-state index contributed by atoms with van der Waals surface area (Å²) in [5.74, 6) is 0.205. The topological polar surface area (TPSA) is 67.9 Å². The highest BCUT2D eigenvalue weighted by molar-refractivity contribution is 5.97. The van der Waals surface area contributed by atoms with E-state index in [2.05, 4.69) is 30.4 Å². The van der Waals surface area contributed by atoms with Crippen LogP contribution >= 0.6 is 0 Å². The molecule has 2 aliphatic rings. The van der Waals surface area contributed by atoms with E-state index >= 15 is 0 Å². The third-order valence-electron chi connectivity index (χ3n) is 6.78. The normalized spacial score (nSPS) is 20.8. The Hall–Kier alpha value is -3.12. The lowest BCUT2D eigenvalue weighted by molar-refractivity contribution is -0.149. The minimum atomic E-state index is -0.113. The molecule has 1 aliphatic heterocycles. The van der Waals surface area contributed by atoms with Crippen LogP contribution in [0, 0.1) is 6.92 Å². The van der Waals surface area contributed by atoms with Crippen molar-refractivity contribution in [1.29, 1.82) is 0 Å². The number of fused-ring (bicyclic) bond motifs is 1. The van der Waals surface area contributed by atoms with E-state index in [1.807, 2.05) is 36.9 Å². The molecule has 2 atom stereocenters. The first-order valence-corrected chi connectivity index (χ1v) is 13.2. The third kappa shape index (κ3) is 6.76. The number of ether oxygens (including phenoxy) is 2. The monoisotopic (exact) mass is 490 g/mol. The standard InChI is InChI=1S/C30H38N2O4/c1-21(2)35-17-7-16-31-29(33)25-14-12-23(13-15-25)19-28-30(34)32(20-24-9-6-8-22(3)18-24)26-10-4-5-11-27(26)36-28/h6,8-9,12-15,18-19,21,26-27H,4-5,7,10-11,16-17,20H2,1-3H3,(H,31,33)/b28-19+. The van der Waals surface area contributed by atoms with E-state index in [4.69, 9.17) is 9.47 Å². The van der Waals surface area contributed by atoms with Crippen molar-refractivity contribution >= 4 is 17.9 Å². The highest BCUT2D eigenvalue weighted by Gasteiger charge is 2.41. The van der Waals surface area contributed by atoms with E-state index in [1.165, 1.54) is 5.56 Å². The van der Waals surface area contributed by atoms with Crippen LogP contribution in [-0.4, -0.2) is 48.1 Å². The predicted molar refractivity (Wildman–Crippen MR) is 141 cm³/mol. The summed E-state index contributed by atoms with van der Waals surface area (Å²) in [5, 5.41) is 2.92. The van der Waals surface area contributed by atoms with Gasteiger partial charge in [-0.05, 0) is 75.8 Å². The summed E-state index contributed by atoms with van der Waals surface area (Å²) in [7, 11) is 0. The molecule has 1 heterocycles. The summed E-state index contributed by atoms with van der Waals surface area (Å²) < 4.78 is 11.8. The molecule has 0 spiro atoms. The molecule has 0 aromatic heterocycles. The molecule has 1 saturated heterocycles. The van der Waals surface area contributed by atoms with Crippen LogP contribution in [0.15, 0.2) is 54.3 Å². The smallest absolute Gasteiger partial charge is 0.289 e. The van der Waals surface area contributed by atoms with Gasteiger partial charge in [-0.2, -0.15) is 0 Å². The van der Waals surface area contributed by atoms with Gasteiger partial charge in [0.05, 0.1) is 12.1 Å². The van der Waals surface area contributed by atoms with E-state index in [0.29, 0.717) is 31.0 Å². The van der Waals surface area contributed by atoms with E-state index in [0.717, 1.165) is 43.2 Å². The van der Waals surface area contributed by atoms with Gasteiger partial charge in [0, 0.05) is 25.3 Å². The molecule has 6 heteroatoms. The van der Waals surface area contributed by atoms with E-state index in [1.54, 1.807) is 18.2 Å². The number of nitrogens with one attached hydrogen (secondary N) is 1. The molecule has 192 valence electrons. The van der Waals surface area contributed by atoms with Gasteiger partial charge in [-0.3, -0.25) is 9.59 Å². The Morgan fingerprint density at radius 2 is 1.94 bits per heavy atom. The van der Waals surface area contributed by atoms with Gasteiger partial charge in [-0.1, -0.05) is 48.4 Å². The second-order valence-electron chi connectivity index (χ2n) is 10.1. The fourth-order valence-corrected chi connectivity index (χ4v) is 4.95. The Bertz CT molecular complexity index is 1080. The van der Waals surface area contributed by atoms with Crippen LogP contribution in [0.4, 0.5) is 0 Å². The molecule has 6 nitrogen and oxygen atoms in total. The number of rotatable bonds is 9. The first-order valence-electron chi connectivity index (χ1n) is 13.2. The Morgan fingerprint density at radius 1 is 1.17 bits per heavy atom.